The minimum atomic E-state index is -0.256. The highest BCUT2D eigenvalue weighted by atomic mass is 19.1. The SMILES string of the molecule is Cc1ccc(F)cc1OCC(C)(C)CNC(C)C. The lowest BCUT2D eigenvalue weighted by Gasteiger charge is -2.26. The Balaban J connectivity index is 2.55. The molecule has 18 heavy (non-hydrogen) atoms. The first kappa shape index (κ1) is 15.0. The second kappa shape index (κ2) is 6.19. The second-order valence-electron chi connectivity index (χ2n) is 5.90. The van der Waals surface area contributed by atoms with E-state index in [0.717, 1.165) is 12.1 Å². The predicted molar refractivity (Wildman–Crippen MR) is 73.6 cm³/mol. The molecule has 0 atom stereocenters. The van der Waals surface area contributed by atoms with Crippen LogP contribution in [0, 0.1) is 18.2 Å². The lowest BCUT2D eigenvalue weighted by Crippen LogP contribution is -2.37. The van der Waals surface area contributed by atoms with Gasteiger partial charge in [-0.25, -0.2) is 4.39 Å². The van der Waals surface area contributed by atoms with Crippen molar-refractivity contribution >= 4 is 0 Å². The third kappa shape index (κ3) is 5.05. The molecule has 0 heterocycles. The van der Waals surface area contributed by atoms with E-state index in [9.17, 15) is 4.39 Å². The molecule has 1 aromatic rings. The second-order valence-corrected chi connectivity index (χ2v) is 5.90. The molecular weight excluding hydrogens is 229 g/mol. The Kier molecular flexibility index (Phi) is 5.15. The maximum absolute atomic E-state index is 13.1. The normalized spacial score (nSPS) is 11.9. The van der Waals surface area contributed by atoms with Crippen LogP contribution in [0.4, 0.5) is 4.39 Å². The number of hydrogen-bond acceptors (Lipinski definition) is 2. The van der Waals surface area contributed by atoms with E-state index in [0.29, 0.717) is 18.4 Å². The highest BCUT2D eigenvalue weighted by Gasteiger charge is 2.19. The number of ether oxygens (including phenoxy) is 1. The van der Waals surface area contributed by atoms with Gasteiger partial charge in [0.1, 0.15) is 11.6 Å². The van der Waals surface area contributed by atoms with Crippen molar-refractivity contribution in [3.8, 4) is 5.75 Å². The molecule has 1 N–H and O–H groups in total. The predicted octanol–water partition coefficient (Wildman–Crippen LogP) is 3.54. The smallest absolute Gasteiger partial charge is 0.126 e. The first-order valence-corrected chi connectivity index (χ1v) is 6.42. The summed E-state index contributed by atoms with van der Waals surface area (Å²) in [4.78, 5) is 0. The van der Waals surface area contributed by atoms with E-state index in [1.807, 2.05) is 6.92 Å². The van der Waals surface area contributed by atoms with Crippen LogP contribution < -0.4 is 10.1 Å². The molecule has 0 aromatic heterocycles. The largest absolute Gasteiger partial charge is 0.493 e. The molecule has 102 valence electrons. The van der Waals surface area contributed by atoms with Gasteiger partial charge in [0.15, 0.2) is 0 Å². The monoisotopic (exact) mass is 253 g/mol. The summed E-state index contributed by atoms with van der Waals surface area (Å²) in [6.45, 7) is 11.9. The minimum Gasteiger partial charge on any atom is -0.493 e. The summed E-state index contributed by atoms with van der Waals surface area (Å²) < 4.78 is 18.9. The standard InChI is InChI=1S/C15H24FNO/c1-11(2)17-9-15(4,5)10-18-14-8-13(16)7-6-12(14)3/h6-8,11,17H,9-10H2,1-5H3. The summed E-state index contributed by atoms with van der Waals surface area (Å²) in [6.07, 6.45) is 0. The molecule has 2 nitrogen and oxygen atoms in total. The van der Waals surface area contributed by atoms with Gasteiger partial charge < -0.3 is 10.1 Å². The first-order valence-electron chi connectivity index (χ1n) is 6.42. The third-order valence-electron chi connectivity index (χ3n) is 2.76. The summed E-state index contributed by atoms with van der Waals surface area (Å²) in [5, 5.41) is 3.39. The summed E-state index contributed by atoms with van der Waals surface area (Å²) in [5.41, 5.74) is 0.979. The highest BCUT2D eigenvalue weighted by Crippen LogP contribution is 2.22. The summed E-state index contributed by atoms with van der Waals surface area (Å²) in [5.74, 6) is 0.376. The lowest BCUT2D eigenvalue weighted by molar-refractivity contribution is 0.172. The molecule has 0 amide bonds. The molecule has 0 bridgehead atoms. The lowest BCUT2D eigenvalue weighted by atomic mass is 9.94. The number of rotatable bonds is 6. The van der Waals surface area contributed by atoms with Crippen molar-refractivity contribution in [3.05, 3.63) is 29.6 Å². The molecule has 0 spiro atoms. The van der Waals surface area contributed by atoms with E-state index < -0.39 is 0 Å². The molecule has 0 saturated carbocycles. The van der Waals surface area contributed by atoms with E-state index in [1.165, 1.54) is 12.1 Å². The quantitative estimate of drug-likeness (QED) is 0.837. The molecule has 0 aliphatic rings. The van der Waals surface area contributed by atoms with Crippen molar-refractivity contribution in [1.82, 2.24) is 5.32 Å². The first-order chi connectivity index (χ1) is 8.30. The van der Waals surface area contributed by atoms with Crippen LogP contribution >= 0.6 is 0 Å². The molecule has 0 unspecified atom stereocenters. The average Bonchev–Trinajstić information content (AvgIpc) is 2.28. The third-order valence-corrected chi connectivity index (χ3v) is 2.76. The molecule has 0 aliphatic carbocycles. The van der Waals surface area contributed by atoms with E-state index in [1.54, 1.807) is 6.07 Å². The Morgan fingerprint density at radius 2 is 2.00 bits per heavy atom. The molecule has 0 aliphatic heterocycles. The number of aryl methyl sites for hydroxylation is 1. The van der Waals surface area contributed by atoms with Gasteiger partial charge in [-0.15, -0.1) is 0 Å². The molecule has 0 saturated heterocycles. The van der Waals surface area contributed by atoms with Crippen LogP contribution in [-0.4, -0.2) is 19.2 Å². The van der Waals surface area contributed by atoms with Gasteiger partial charge in [-0.2, -0.15) is 0 Å². The van der Waals surface area contributed by atoms with Crippen molar-refractivity contribution in [2.45, 2.75) is 40.7 Å². The van der Waals surface area contributed by atoms with E-state index in [4.69, 9.17) is 4.74 Å². The molecule has 1 aromatic carbocycles. The van der Waals surface area contributed by atoms with E-state index in [2.05, 4.69) is 33.0 Å². The Labute approximate surface area is 110 Å². The topological polar surface area (TPSA) is 21.3 Å². The zero-order valence-electron chi connectivity index (χ0n) is 12.0. The molecule has 1 rings (SSSR count). The Morgan fingerprint density at radius 3 is 2.61 bits per heavy atom. The fourth-order valence-electron chi connectivity index (χ4n) is 1.53. The fourth-order valence-corrected chi connectivity index (χ4v) is 1.53. The molecule has 3 heteroatoms. The van der Waals surface area contributed by atoms with Crippen molar-refractivity contribution in [3.63, 3.8) is 0 Å². The molecule has 0 radical (unpaired) electrons. The van der Waals surface area contributed by atoms with Crippen LogP contribution in [0.25, 0.3) is 0 Å². The number of nitrogens with one attached hydrogen (secondary N) is 1. The van der Waals surface area contributed by atoms with Gasteiger partial charge in [-0.3, -0.25) is 0 Å². The van der Waals surface area contributed by atoms with Gasteiger partial charge in [0.05, 0.1) is 6.61 Å². The van der Waals surface area contributed by atoms with Crippen molar-refractivity contribution in [2.75, 3.05) is 13.2 Å². The number of hydrogen-bond donors (Lipinski definition) is 1. The van der Waals surface area contributed by atoms with E-state index >= 15 is 0 Å². The average molecular weight is 253 g/mol. The highest BCUT2D eigenvalue weighted by molar-refractivity contribution is 5.32. The maximum atomic E-state index is 13.1. The van der Waals surface area contributed by atoms with Crippen LogP contribution in [0.15, 0.2) is 18.2 Å². The van der Waals surface area contributed by atoms with Crippen molar-refractivity contribution in [2.24, 2.45) is 5.41 Å². The van der Waals surface area contributed by atoms with Gasteiger partial charge in [-0.1, -0.05) is 33.8 Å². The minimum absolute atomic E-state index is 0.0169. The van der Waals surface area contributed by atoms with Crippen LogP contribution in [-0.2, 0) is 0 Å². The van der Waals surface area contributed by atoms with Gasteiger partial charge in [0.2, 0.25) is 0 Å². The van der Waals surface area contributed by atoms with Gasteiger partial charge in [0, 0.05) is 24.1 Å². The summed E-state index contributed by atoms with van der Waals surface area (Å²) in [6, 6.07) is 5.10. The van der Waals surface area contributed by atoms with Crippen LogP contribution in [0.5, 0.6) is 5.75 Å². The van der Waals surface area contributed by atoms with Gasteiger partial charge in [0.25, 0.3) is 0 Å². The molecule has 0 fully saturated rings. The summed E-state index contributed by atoms with van der Waals surface area (Å²) in [7, 11) is 0. The van der Waals surface area contributed by atoms with Crippen molar-refractivity contribution in [1.29, 1.82) is 0 Å². The Bertz CT molecular complexity index is 388. The Morgan fingerprint density at radius 1 is 1.33 bits per heavy atom. The number of benzene rings is 1. The van der Waals surface area contributed by atoms with Crippen molar-refractivity contribution < 1.29 is 9.13 Å². The number of halogens is 1. The van der Waals surface area contributed by atoms with E-state index in [-0.39, 0.29) is 11.2 Å². The molecular formula is C15H24FNO. The van der Waals surface area contributed by atoms with Gasteiger partial charge >= 0.3 is 0 Å². The van der Waals surface area contributed by atoms with Crippen LogP contribution in [0.1, 0.15) is 33.3 Å². The van der Waals surface area contributed by atoms with Crippen LogP contribution in [0.2, 0.25) is 0 Å². The van der Waals surface area contributed by atoms with Gasteiger partial charge in [-0.05, 0) is 18.6 Å². The summed E-state index contributed by atoms with van der Waals surface area (Å²) >= 11 is 0. The Hall–Kier alpha value is -1.09. The fraction of sp³-hybridized carbons (Fsp3) is 0.600. The van der Waals surface area contributed by atoms with Crippen LogP contribution in [0.3, 0.4) is 0 Å². The maximum Gasteiger partial charge on any atom is 0.126 e. The zero-order valence-corrected chi connectivity index (χ0v) is 12.0. The zero-order chi connectivity index (χ0) is 13.8.